The predicted molar refractivity (Wildman–Crippen MR) is 120 cm³/mol. The highest BCUT2D eigenvalue weighted by Gasteiger charge is 2.24. The third-order valence-electron chi connectivity index (χ3n) is 4.29. The minimum Gasteiger partial charge on any atom is -0.493 e. The molecule has 0 bridgehead atoms. The fourth-order valence-electron chi connectivity index (χ4n) is 2.78. The van der Waals surface area contributed by atoms with Crippen LogP contribution >= 0.6 is 11.6 Å². The maximum Gasteiger partial charge on any atom is 0.203 e. The molecule has 0 radical (unpaired) electrons. The van der Waals surface area contributed by atoms with Gasteiger partial charge in [0, 0.05) is 17.8 Å². The zero-order chi connectivity index (χ0) is 23.5. The summed E-state index contributed by atoms with van der Waals surface area (Å²) in [4.78, 5) is 20.5. The number of carbonyl (C=O) groups excluding carboxylic acids is 1. The van der Waals surface area contributed by atoms with Gasteiger partial charge in [0.2, 0.25) is 9.84 Å². The SMILES string of the molecule is CC(C)COc1cc(F)cc(-c2cc(Cl)c(C(=O)CS(=O)(=O)c3cccc(N)n3)cn2)c1. The van der Waals surface area contributed by atoms with E-state index in [4.69, 9.17) is 22.1 Å². The molecule has 0 aliphatic carbocycles. The third kappa shape index (κ3) is 5.80. The molecule has 3 rings (SSSR count). The van der Waals surface area contributed by atoms with Crippen molar-refractivity contribution in [2.45, 2.75) is 18.9 Å². The fraction of sp³-hybridized carbons (Fsp3) is 0.227. The molecule has 168 valence electrons. The molecule has 0 saturated heterocycles. The molecule has 32 heavy (non-hydrogen) atoms. The summed E-state index contributed by atoms with van der Waals surface area (Å²) in [5.74, 6) is -1.49. The summed E-state index contributed by atoms with van der Waals surface area (Å²) in [7, 11) is -4.03. The van der Waals surface area contributed by atoms with Crippen molar-refractivity contribution in [1.29, 1.82) is 0 Å². The number of nitrogen functional groups attached to an aromatic ring is 1. The van der Waals surface area contributed by atoms with Gasteiger partial charge in [0.1, 0.15) is 23.1 Å². The number of hydrogen-bond donors (Lipinski definition) is 1. The van der Waals surface area contributed by atoms with Crippen molar-refractivity contribution in [2.24, 2.45) is 5.92 Å². The lowest BCUT2D eigenvalue weighted by molar-refractivity contribution is 0.102. The number of ether oxygens (including phenoxy) is 1. The van der Waals surface area contributed by atoms with Gasteiger partial charge in [-0.1, -0.05) is 31.5 Å². The van der Waals surface area contributed by atoms with Crippen LogP contribution in [0, 0.1) is 11.7 Å². The topological polar surface area (TPSA) is 112 Å². The molecule has 0 amide bonds. The van der Waals surface area contributed by atoms with Crippen molar-refractivity contribution in [2.75, 3.05) is 18.1 Å². The van der Waals surface area contributed by atoms with E-state index in [1.165, 1.54) is 42.6 Å². The number of Topliss-reactive ketones (excluding diaryl/α,β-unsaturated/α-hetero) is 1. The van der Waals surface area contributed by atoms with Crippen LogP contribution in [-0.4, -0.2) is 36.5 Å². The van der Waals surface area contributed by atoms with E-state index in [2.05, 4.69) is 9.97 Å². The van der Waals surface area contributed by atoms with Crippen LogP contribution in [0.25, 0.3) is 11.3 Å². The first-order valence-electron chi connectivity index (χ1n) is 9.63. The lowest BCUT2D eigenvalue weighted by Crippen LogP contribution is -2.18. The van der Waals surface area contributed by atoms with Gasteiger partial charge in [-0.2, -0.15) is 0 Å². The molecule has 0 saturated carbocycles. The molecule has 0 unspecified atom stereocenters. The summed E-state index contributed by atoms with van der Waals surface area (Å²) >= 11 is 6.24. The van der Waals surface area contributed by atoms with E-state index in [9.17, 15) is 17.6 Å². The standard InChI is InChI=1S/C22H21ClFN3O4S/c1-13(2)11-31-16-7-14(6-15(24)8-16)19-9-18(23)17(10-26-19)20(28)12-32(29,30)22-5-3-4-21(25)27-22/h3-10,13H,11-12H2,1-2H3,(H2,25,27). The van der Waals surface area contributed by atoms with Crippen molar-refractivity contribution in [1.82, 2.24) is 9.97 Å². The van der Waals surface area contributed by atoms with Crippen LogP contribution in [0.3, 0.4) is 0 Å². The molecule has 7 nitrogen and oxygen atoms in total. The number of ketones is 1. The lowest BCUT2D eigenvalue weighted by atomic mass is 10.1. The second kappa shape index (κ2) is 9.62. The minimum atomic E-state index is -4.03. The van der Waals surface area contributed by atoms with E-state index < -0.39 is 27.2 Å². The average Bonchev–Trinajstić information content (AvgIpc) is 2.71. The van der Waals surface area contributed by atoms with Crippen LogP contribution in [0.5, 0.6) is 5.75 Å². The highest BCUT2D eigenvalue weighted by Crippen LogP contribution is 2.28. The predicted octanol–water partition coefficient (Wildman–Crippen LogP) is 4.21. The molecule has 0 aliphatic heterocycles. The molecule has 10 heteroatoms. The lowest BCUT2D eigenvalue weighted by Gasteiger charge is -2.11. The van der Waals surface area contributed by atoms with E-state index in [1.54, 1.807) is 6.07 Å². The quantitative estimate of drug-likeness (QED) is 0.483. The van der Waals surface area contributed by atoms with Gasteiger partial charge < -0.3 is 10.5 Å². The van der Waals surface area contributed by atoms with Gasteiger partial charge in [-0.3, -0.25) is 9.78 Å². The Morgan fingerprint density at radius 2 is 1.97 bits per heavy atom. The molecule has 1 aromatic carbocycles. The van der Waals surface area contributed by atoms with E-state index in [0.29, 0.717) is 23.6 Å². The average molecular weight is 478 g/mol. The highest BCUT2D eigenvalue weighted by molar-refractivity contribution is 7.92. The Balaban J connectivity index is 1.84. The molecule has 3 aromatic rings. The molecule has 2 heterocycles. The number of nitrogens with two attached hydrogens (primary N) is 1. The number of pyridine rings is 2. The van der Waals surface area contributed by atoms with Gasteiger partial charge in [-0.05, 0) is 36.2 Å². The number of anilines is 1. The number of aromatic nitrogens is 2. The Hall–Kier alpha value is -3.04. The maximum absolute atomic E-state index is 14.0. The Bertz CT molecular complexity index is 1270. The van der Waals surface area contributed by atoms with Gasteiger partial charge in [-0.15, -0.1) is 0 Å². The molecule has 0 fully saturated rings. The second-order valence-corrected chi connectivity index (χ2v) is 9.86. The molecular weight excluding hydrogens is 457 g/mol. The number of sulfone groups is 1. The second-order valence-electron chi connectivity index (χ2n) is 7.51. The summed E-state index contributed by atoms with van der Waals surface area (Å²) in [5, 5.41) is -0.315. The van der Waals surface area contributed by atoms with Crippen molar-refractivity contribution >= 4 is 33.0 Å². The maximum atomic E-state index is 14.0. The van der Waals surface area contributed by atoms with Gasteiger partial charge in [0.15, 0.2) is 10.8 Å². The van der Waals surface area contributed by atoms with E-state index in [1.807, 2.05) is 13.8 Å². The highest BCUT2D eigenvalue weighted by atomic mass is 35.5. The molecule has 2 aromatic heterocycles. The van der Waals surface area contributed by atoms with Crippen LogP contribution in [-0.2, 0) is 9.84 Å². The number of nitrogens with zero attached hydrogens (tertiary/aromatic N) is 2. The summed E-state index contributed by atoms with van der Waals surface area (Å²) in [6, 6.07) is 9.64. The Morgan fingerprint density at radius 3 is 2.62 bits per heavy atom. The molecule has 0 spiro atoms. The Morgan fingerprint density at radius 1 is 1.22 bits per heavy atom. The van der Waals surface area contributed by atoms with E-state index in [-0.39, 0.29) is 27.3 Å². The fourth-order valence-corrected chi connectivity index (χ4v) is 4.22. The van der Waals surface area contributed by atoms with Gasteiger partial charge in [-0.25, -0.2) is 17.8 Å². The monoisotopic (exact) mass is 477 g/mol. The Kier molecular flexibility index (Phi) is 7.10. The third-order valence-corrected chi connectivity index (χ3v) is 6.11. The zero-order valence-corrected chi connectivity index (χ0v) is 19.0. The Labute approximate surface area is 190 Å². The molecule has 2 N–H and O–H groups in total. The first-order chi connectivity index (χ1) is 15.0. The number of halogens is 2. The summed E-state index contributed by atoms with van der Waals surface area (Å²) in [6.07, 6.45) is 1.17. The first kappa shape index (κ1) is 23.6. The number of benzene rings is 1. The molecule has 0 aliphatic rings. The zero-order valence-electron chi connectivity index (χ0n) is 17.4. The van der Waals surface area contributed by atoms with E-state index in [0.717, 1.165) is 0 Å². The van der Waals surface area contributed by atoms with Crippen LogP contribution in [0.2, 0.25) is 5.02 Å². The van der Waals surface area contributed by atoms with Crippen molar-refractivity contribution in [3.05, 3.63) is 65.1 Å². The summed E-state index contributed by atoms with van der Waals surface area (Å²) < 4.78 is 44.6. The van der Waals surface area contributed by atoms with Crippen molar-refractivity contribution in [3.8, 4) is 17.0 Å². The first-order valence-corrected chi connectivity index (χ1v) is 11.7. The summed E-state index contributed by atoms with van der Waals surface area (Å²) in [6.45, 7) is 4.36. The van der Waals surface area contributed by atoms with Gasteiger partial charge in [0.25, 0.3) is 0 Å². The minimum absolute atomic E-state index is 0.00959. The van der Waals surface area contributed by atoms with Crippen molar-refractivity contribution < 1.29 is 22.3 Å². The number of rotatable bonds is 8. The van der Waals surface area contributed by atoms with E-state index >= 15 is 0 Å². The van der Waals surface area contributed by atoms with Gasteiger partial charge >= 0.3 is 0 Å². The smallest absolute Gasteiger partial charge is 0.203 e. The number of hydrogen-bond acceptors (Lipinski definition) is 7. The van der Waals surface area contributed by atoms with Crippen LogP contribution in [0.4, 0.5) is 10.2 Å². The van der Waals surface area contributed by atoms with Crippen LogP contribution in [0.1, 0.15) is 24.2 Å². The normalized spacial score (nSPS) is 11.5. The van der Waals surface area contributed by atoms with Gasteiger partial charge in [0.05, 0.1) is 22.9 Å². The van der Waals surface area contributed by atoms with Crippen LogP contribution in [0.15, 0.2) is 53.7 Å². The molecular formula is C22H21ClFN3O4S. The summed E-state index contributed by atoms with van der Waals surface area (Å²) in [5.41, 5.74) is 6.16. The number of carbonyl (C=O) groups is 1. The van der Waals surface area contributed by atoms with Crippen LogP contribution < -0.4 is 10.5 Å². The molecule has 0 atom stereocenters. The van der Waals surface area contributed by atoms with Crippen molar-refractivity contribution in [3.63, 3.8) is 0 Å². The largest absolute Gasteiger partial charge is 0.493 e.